The highest BCUT2D eigenvalue weighted by molar-refractivity contribution is 6.32. The fourth-order valence-electron chi connectivity index (χ4n) is 4.45. The highest BCUT2D eigenvalue weighted by Crippen LogP contribution is 2.52. The Bertz CT molecular complexity index is 1060. The van der Waals surface area contributed by atoms with E-state index < -0.39 is 16.0 Å². The van der Waals surface area contributed by atoms with Crippen molar-refractivity contribution in [2.75, 3.05) is 11.4 Å². The van der Waals surface area contributed by atoms with Gasteiger partial charge in [-0.1, -0.05) is 49.2 Å². The zero-order valence-electron chi connectivity index (χ0n) is 16.5. The summed E-state index contributed by atoms with van der Waals surface area (Å²) in [4.78, 5) is 25.4. The Balaban J connectivity index is 1.86. The van der Waals surface area contributed by atoms with E-state index in [1.165, 1.54) is 18.2 Å². The Labute approximate surface area is 174 Å². The first kappa shape index (κ1) is 19.5. The van der Waals surface area contributed by atoms with E-state index >= 15 is 0 Å². The van der Waals surface area contributed by atoms with E-state index in [1.54, 1.807) is 6.08 Å². The lowest BCUT2D eigenvalue weighted by Gasteiger charge is -2.49. The quantitative estimate of drug-likeness (QED) is 0.592. The number of hydrogen-bond donors (Lipinski definition) is 1. The zero-order valence-corrected chi connectivity index (χ0v) is 17.3. The number of carbonyl (C=O) groups is 1. The molecule has 2 aliphatic heterocycles. The average molecular weight is 412 g/mol. The second-order valence-electron chi connectivity index (χ2n) is 8.16. The first-order valence-corrected chi connectivity index (χ1v) is 9.86. The minimum absolute atomic E-state index is 0.0198. The highest BCUT2D eigenvalue weighted by Gasteiger charge is 2.57. The number of benzene rings is 2. The molecular weight excluding hydrogens is 390 g/mol. The van der Waals surface area contributed by atoms with Crippen LogP contribution in [0.1, 0.15) is 37.0 Å². The van der Waals surface area contributed by atoms with Crippen LogP contribution in [0.5, 0.6) is 0 Å². The van der Waals surface area contributed by atoms with Crippen molar-refractivity contribution in [1.82, 2.24) is 5.32 Å². The van der Waals surface area contributed by atoms with Crippen LogP contribution in [0.2, 0.25) is 5.02 Å². The molecule has 1 amide bonds. The Morgan fingerprint density at radius 3 is 2.72 bits per heavy atom. The van der Waals surface area contributed by atoms with Crippen LogP contribution in [-0.2, 0) is 10.2 Å². The van der Waals surface area contributed by atoms with Crippen LogP contribution in [-0.4, -0.2) is 23.0 Å². The average Bonchev–Trinajstić information content (AvgIpc) is 2.85. The molecule has 2 aromatic carbocycles. The third kappa shape index (κ3) is 2.90. The lowest BCUT2D eigenvalue weighted by molar-refractivity contribution is -0.384. The second kappa shape index (κ2) is 6.59. The molecule has 29 heavy (non-hydrogen) atoms. The predicted molar refractivity (Wildman–Crippen MR) is 114 cm³/mol. The fourth-order valence-corrected chi connectivity index (χ4v) is 4.63. The molecule has 0 radical (unpaired) electrons. The number of nitro benzene ring substituents is 1. The number of halogens is 1. The monoisotopic (exact) mass is 411 g/mol. The van der Waals surface area contributed by atoms with Crippen LogP contribution in [0.25, 0.3) is 6.08 Å². The first-order valence-electron chi connectivity index (χ1n) is 9.49. The van der Waals surface area contributed by atoms with E-state index in [2.05, 4.69) is 49.2 Å². The van der Waals surface area contributed by atoms with Gasteiger partial charge in [0.25, 0.3) is 5.69 Å². The van der Waals surface area contributed by atoms with Crippen molar-refractivity contribution in [3.63, 3.8) is 0 Å². The molecule has 0 saturated carbocycles. The third-order valence-corrected chi connectivity index (χ3v) is 6.43. The molecule has 0 aromatic heterocycles. The molecule has 1 atom stereocenters. The number of aryl methyl sites for hydroxylation is 1. The molecule has 6 nitrogen and oxygen atoms in total. The molecule has 150 valence electrons. The molecule has 1 saturated heterocycles. The van der Waals surface area contributed by atoms with Crippen molar-refractivity contribution >= 4 is 35.0 Å². The van der Waals surface area contributed by atoms with Gasteiger partial charge in [-0.25, -0.2) is 0 Å². The van der Waals surface area contributed by atoms with Gasteiger partial charge in [0.15, 0.2) is 0 Å². The van der Waals surface area contributed by atoms with Crippen molar-refractivity contribution < 1.29 is 9.72 Å². The molecule has 1 unspecified atom stereocenters. The van der Waals surface area contributed by atoms with Crippen molar-refractivity contribution in [2.45, 2.75) is 38.3 Å². The van der Waals surface area contributed by atoms with Gasteiger partial charge in [-0.05, 0) is 36.3 Å². The van der Waals surface area contributed by atoms with Gasteiger partial charge in [-0.2, -0.15) is 0 Å². The van der Waals surface area contributed by atoms with Crippen LogP contribution in [0.15, 0.2) is 42.5 Å². The maximum absolute atomic E-state index is 12.5. The SMILES string of the molecule is Cc1ccc2c(c1)C(C)(C)C1(C=Cc3cc([N+](=O)[O-])ccc3Cl)NC(=O)CCN21. The maximum atomic E-state index is 12.5. The van der Waals surface area contributed by atoms with Gasteiger partial charge < -0.3 is 10.2 Å². The predicted octanol–water partition coefficient (Wildman–Crippen LogP) is 4.58. The number of hydrogen-bond acceptors (Lipinski definition) is 4. The van der Waals surface area contributed by atoms with Crippen LogP contribution < -0.4 is 10.2 Å². The summed E-state index contributed by atoms with van der Waals surface area (Å²) in [5, 5.41) is 14.8. The van der Waals surface area contributed by atoms with Crippen molar-refractivity contribution in [3.05, 3.63) is 74.3 Å². The summed E-state index contributed by atoms with van der Waals surface area (Å²) in [5.41, 5.74) is 2.72. The Morgan fingerprint density at radius 2 is 2.00 bits per heavy atom. The molecule has 0 spiro atoms. The Morgan fingerprint density at radius 1 is 1.24 bits per heavy atom. The Kier molecular flexibility index (Phi) is 4.42. The number of amides is 1. The molecule has 2 aliphatic rings. The summed E-state index contributed by atoms with van der Waals surface area (Å²) in [6.45, 7) is 6.86. The largest absolute Gasteiger partial charge is 0.344 e. The van der Waals surface area contributed by atoms with Crippen LogP contribution in [0.3, 0.4) is 0 Å². The third-order valence-electron chi connectivity index (χ3n) is 6.08. The van der Waals surface area contributed by atoms with Gasteiger partial charge in [-0.3, -0.25) is 14.9 Å². The number of nitrogens with one attached hydrogen (secondary N) is 1. The van der Waals surface area contributed by atoms with E-state index in [0.29, 0.717) is 23.6 Å². The number of fused-ring (bicyclic) bond motifs is 3. The number of non-ortho nitro benzene ring substituents is 1. The van der Waals surface area contributed by atoms with Gasteiger partial charge in [0.05, 0.1) is 4.92 Å². The lowest BCUT2D eigenvalue weighted by Crippen LogP contribution is -2.68. The van der Waals surface area contributed by atoms with E-state index in [4.69, 9.17) is 11.6 Å². The molecule has 4 rings (SSSR count). The van der Waals surface area contributed by atoms with Crippen LogP contribution in [0.4, 0.5) is 11.4 Å². The smallest absolute Gasteiger partial charge is 0.270 e. The highest BCUT2D eigenvalue weighted by atomic mass is 35.5. The minimum atomic E-state index is -0.785. The van der Waals surface area contributed by atoms with E-state index in [1.807, 2.05) is 6.08 Å². The standard InChI is InChI=1S/C22H22ClN3O3/c1-14-4-7-19-17(12-14)21(2,3)22(24-20(27)9-11-25(19)22)10-8-15-13-16(26(28)29)5-6-18(15)23/h4-8,10,12-13H,9,11H2,1-3H3,(H,24,27). The number of nitrogens with zero attached hydrogens (tertiary/aromatic N) is 2. The van der Waals surface area contributed by atoms with E-state index in [0.717, 1.165) is 16.8 Å². The van der Waals surface area contributed by atoms with Crippen LogP contribution in [0, 0.1) is 17.0 Å². The molecule has 0 bridgehead atoms. The Hall–Kier alpha value is -2.86. The van der Waals surface area contributed by atoms with Gasteiger partial charge in [-0.15, -0.1) is 0 Å². The van der Waals surface area contributed by atoms with Crippen molar-refractivity contribution in [2.24, 2.45) is 0 Å². The first-order chi connectivity index (χ1) is 13.7. The zero-order chi connectivity index (χ0) is 21.0. The number of carbonyl (C=O) groups excluding carboxylic acids is 1. The molecule has 1 N–H and O–H groups in total. The topological polar surface area (TPSA) is 75.5 Å². The van der Waals surface area contributed by atoms with Gasteiger partial charge in [0.2, 0.25) is 5.91 Å². The summed E-state index contributed by atoms with van der Waals surface area (Å²) >= 11 is 6.29. The van der Waals surface area contributed by atoms with Crippen LogP contribution >= 0.6 is 11.6 Å². The molecule has 0 aliphatic carbocycles. The summed E-state index contributed by atoms with van der Waals surface area (Å²) in [7, 11) is 0. The lowest BCUT2D eigenvalue weighted by atomic mass is 9.74. The molecule has 2 heterocycles. The number of nitro groups is 1. The normalized spacial score (nSPS) is 22.3. The maximum Gasteiger partial charge on any atom is 0.270 e. The summed E-state index contributed by atoms with van der Waals surface area (Å²) in [5.74, 6) is -0.0198. The summed E-state index contributed by atoms with van der Waals surface area (Å²) in [6, 6.07) is 10.7. The van der Waals surface area contributed by atoms with E-state index in [9.17, 15) is 14.9 Å². The molecular formula is C22H22ClN3O3. The summed E-state index contributed by atoms with van der Waals surface area (Å²) < 4.78 is 0. The molecule has 2 aromatic rings. The number of rotatable bonds is 3. The molecule has 1 fully saturated rings. The second-order valence-corrected chi connectivity index (χ2v) is 8.57. The van der Waals surface area contributed by atoms with Crippen molar-refractivity contribution in [3.8, 4) is 0 Å². The molecule has 7 heteroatoms. The summed E-state index contributed by atoms with van der Waals surface area (Å²) in [6.07, 6.45) is 4.11. The van der Waals surface area contributed by atoms with Gasteiger partial charge in [0.1, 0.15) is 5.66 Å². The minimum Gasteiger partial charge on any atom is -0.344 e. The van der Waals surface area contributed by atoms with Gasteiger partial charge >= 0.3 is 0 Å². The van der Waals surface area contributed by atoms with E-state index in [-0.39, 0.29) is 11.6 Å². The van der Waals surface area contributed by atoms with Gasteiger partial charge in [0, 0.05) is 41.2 Å². The fraction of sp³-hybridized carbons (Fsp3) is 0.318. The van der Waals surface area contributed by atoms with Crippen molar-refractivity contribution in [1.29, 1.82) is 0 Å². The number of anilines is 1.